The Kier molecular flexibility index (Phi) is 6.25. The minimum atomic E-state index is 0.755. The van der Waals surface area contributed by atoms with Gasteiger partial charge in [0.05, 0.1) is 33.5 Å². The minimum Gasteiger partial charge on any atom is -0.397 e. The van der Waals surface area contributed by atoms with E-state index < -0.39 is 0 Å². The third-order valence-electron chi connectivity index (χ3n) is 4.71. The van der Waals surface area contributed by atoms with Crippen molar-refractivity contribution in [2.75, 3.05) is 29.1 Å². The smallest absolute Gasteiger partial charge is 0.0652 e. The van der Waals surface area contributed by atoms with Crippen LogP contribution < -0.4 is 15.5 Å². The molecule has 3 aromatic carbocycles. The summed E-state index contributed by atoms with van der Waals surface area (Å²) < 4.78 is 0. The van der Waals surface area contributed by atoms with Gasteiger partial charge >= 0.3 is 0 Å². The minimum absolute atomic E-state index is 0.755. The van der Waals surface area contributed by atoms with Crippen LogP contribution in [0.1, 0.15) is 19.8 Å². The van der Waals surface area contributed by atoms with Gasteiger partial charge in [-0.2, -0.15) is 0 Å². The highest BCUT2D eigenvalue weighted by Gasteiger charge is 2.18. The van der Waals surface area contributed by atoms with E-state index in [0.717, 1.165) is 52.8 Å². The summed E-state index contributed by atoms with van der Waals surface area (Å²) in [6, 6.07) is 24.3. The fraction of sp³-hybridized carbons (Fsp3) is 0.217. The van der Waals surface area contributed by atoms with Crippen molar-refractivity contribution in [3.63, 3.8) is 0 Å². The topological polar surface area (TPSA) is 32.5 Å². The summed E-state index contributed by atoms with van der Waals surface area (Å²) in [4.78, 5) is 4.44. The molecule has 4 heteroatoms. The molecule has 0 unspecified atom stereocenters. The van der Waals surface area contributed by atoms with Crippen LogP contribution in [0.25, 0.3) is 0 Å². The van der Waals surface area contributed by atoms with Gasteiger partial charge in [-0.1, -0.05) is 61.3 Å². The van der Waals surface area contributed by atoms with E-state index in [2.05, 4.69) is 54.1 Å². The van der Waals surface area contributed by atoms with Crippen molar-refractivity contribution >= 4 is 40.0 Å². The normalized spacial score (nSPS) is 10.6. The standard InChI is InChI=1S/C23H26ClN3/c1-3-4-17-27(20-13-7-5-11-18(20)24)23-16-10-9-15-22(23)26(2)21-14-8-6-12-19(21)25/h5-16H,3-4,17,25H2,1-2H3. The number of rotatable bonds is 7. The number of benzene rings is 3. The molecule has 0 aromatic heterocycles. The number of hydrogen-bond donors (Lipinski definition) is 1. The van der Waals surface area contributed by atoms with E-state index in [1.54, 1.807) is 0 Å². The molecular weight excluding hydrogens is 354 g/mol. The van der Waals surface area contributed by atoms with Crippen LogP contribution in [0, 0.1) is 0 Å². The molecule has 0 amide bonds. The molecule has 0 aliphatic carbocycles. The van der Waals surface area contributed by atoms with Gasteiger partial charge in [-0.05, 0) is 42.8 Å². The highest BCUT2D eigenvalue weighted by atomic mass is 35.5. The number of para-hydroxylation sites is 5. The van der Waals surface area contributed by atoms with E-state index in [-0.39, 0.29) is 0 Å². The maximum atomic E-state index is 6.55. The predicted octanol–water partition coefficient (Wildman–Crippen LogP) is 6.63. The van der Waals surface area contributed by atoms with Gasteiger partial charge in [0.15, 0.2) is 0 Å². The summed E-state index contributed by atoms with van der Waals surface area (Å²) in [6.45, 7) is 3.10. The van der Waals surface area contributed by atoms with Crippen molar-refractivity contribution in [1.82, 2.24) is 0 Å². The molecule has 0 atom stereocenters. The van der Waals surface area contributed by atoms with Gasteiger partial charge in [0.1, 0.15) is 0 Å². The zero-order valence-corrected chi connectivity index (χ0v) is 16.7. The Morgan fingerprint density at radius 3 is 1.96 bits per heavy atom. The average Bonchev–Trinajstić information content (AvgIpc) is 2.70. The first-order valence-electron chi connectivity index (χ1n) is 9.32. The Balaban J connectivity index is 2.09. The zero-order valence-electron chi connectivity index (χ0n) is 15.9. The van der Waals surface area contributed by atoms with Crippen molar-refractivity contribution < 1.29 is 0 Å². The van der Waals surface area contributed by atoms with Crippen LogP contribution in [0.4, 0.5) is 28.4 Å². The third-order valence-corrected chi connectivity index (χ3v) is 5.03. The first-order chi connectivity index (χ1) is 13.1. The molecule has 0 saturated heterocycles. The molecule has 0 aliphatic heterocycles. The molecule has 2 N–H and O–H groups in total. The van der Waals surface area contributed by atoms with E-state index in [9.17, 15) is 0 Å². The summed E-state index contributed by atoms with van der Waals surface area (Å²) in [6.07, 6.45) is 2.20. The predicted molar refractivity (Wildman–Crippen MR) is 119 cm³/mol. The number of nitrogens with two attached hydrogens (primary N) is 1. The Morgan fingerprint density at radius 1 is 0.778 bits per heavy atom. The number of unbranched alkanes of at least 4 members (excludes halogenated alkanes) is 1. The Hall–Kier alpha value is -2.65. The van der Waals surface area contributed by atoms with Gasteiger partial charge in [0.2, 0.25) is 0 Å². The first-order valence-corrected chi connectivity index (χ1v) is 9.70. The third kappa shape index (κ3) is 4.20. The van der Waals surface area contributed by atoms with Crippen LogP contribution in [0.3, 0.4) is 0 Å². The maximum absolute atomic E-state index is 6.55. The molecule has 27 heavy (non-hydrogen) atoms. The van der Waals surface area contributed by atoms with Gasteiger partial charge in [-0.3, -0.25) is 0 Å². The lowest BCUT2D eigenvalue weighted by molar-refractivity contribution is 0.785. The molecule has 0 saturated carbocycles. The highest BCUT2D eigenvalue weighted by molar-refractivity contribution is 6.33. The second-order valence-corrected chi connectivity index (χ2v) is 6.97. The molecule has 140 valence electrons. The molecular formula is C23H26ClN3. The quantitative estimate of drug-likeness (QED) is 0.467. The molecule has 0 fully saturated rings. The van der Waals surface area contributed by atoms with Crippen LogP contribution in [0.15, 0.2) is 72.8 Å². The first kappa shape index (κ1) is 19.1. The lowest BCUT2D eigenvalue weighted by Gasteiger charge is -2.31. The van der Waals surface area contributed by atoms with Crippen molar-refractivity contribution in [3.8, 4) is 0 Å². The second kappa shape index (κ2) is 8.83. The van der Waals surface area contributed by atoms with Crippen LogP contribution in [0.5, 0.6) is 0 Å². The lowest BCUT2D eigenvalue weighted by Crippen LogP contribution is -2.22. The SMILES string of the molecule is CCCCN(c1ccccc1Cl)c1ccccc1N(C)c1ccccc1N. The highest BCUT2D eigenvalue weighted by Crippen LogP contribution is 2.40. The number of nitrogens with zero attached hydrogens (tertiary/aromatic N) is 2. The monoisotopic (exact) mass is 379 g/mol. The number of nitrogen functional groups attached to an aromatic ring is 1. The number of hydrogen-bond acceptors (Lipinski definition) is 3. The van der Waals surface area contributed by atoms with Crippen LogP contribution in [-0.2, 0) is 0 Å². The van der Waals surface area contributed by atoms with Crippen molar-refractivity contribution in [2.45, 2.75) is 19.8 Å². The molecule has 3 nitrogen and oxygen atoms in total. The molecule has 0 aliphatic rings. The number of halogens is 1. The van der Waals surface area contributed by atoms with Crippen molar-refractivity contribution in [3.05, 3.63) is 77.8 Å². The lowest BCUT2D eigenvalue weighted by atomic mass is 10.1. The van der Waals surface area contributed by atoms with E-state index in [1.807, 2.05) is 42.5 Å². The largest absolute Gasteiger partial charge is 0.397 e. The molecule has 0 spiro atoms. The second-order valence-electron chi connectivity index (χ2n) is 6.56. The van der Waals surface area contributed by atoms with Crippen molar-refractivity contribution in [2.24, 2.45) is 0 Å². The Morgan fingerprint density at radius 2 is 1.33 bits per heavy atom. The number of anilines is 5. The summed E-state index contributed by atoms with van der Waals surface area (Å²) in [5.41, 5.74) is 11.2. The van der Waals surface area contributed by atoms with Gasteiger partial charge < -0.3 is 15.5 Å². The maximum Gasteiger partial charge on any atom is 0.0652 e. The summed E-state index contributed by atoms with van der Waals surface area (Å²) in [5, 5.41) is 0.755. The van der Waals surface area contributed by atoms with Gasteiger partial charge in [-0.15, -0.1) is 0 Å². The van der Waals surface area contributed by atoms with Crippen LogP contribution in [0.2, 0.25) is 5.02 Å². The van der Waals surface area contributed by atoms with Gasteiger partial charge in [-0.25, -0.2) is 0 Å². The summed E-state index contributed by atoms with van der Waals surface area (Å²) >= 11 is 6.55. The molecule has 0 radical (unpaired) electrons. The summed E-state index contributed by atoms with van der Waals surface area (Å²) in [7, 11) is 2.05. The molecule has 3 aromatic rings. The fourth-order valence-electron chi connectivity index (χ4n) is 3.26. The molecule has 0 heterocycles. The van der Waals surface area contributed by atoms with E-state index in [1.165, 1.54) is 0 Å². The fourth-order valence-corrected chi connectivity index (χ4v) is 3.49. The van der Waals surface area contributed by atoms with E-state index in [0.29, 0.717) is 0 Å². The van der Waals surface area contributed by atoms with Gasteiger partial charge in [0, 0.05) is 13.6 Å². The zero-order chi connectivity index (χ0) is 19.2. The molecule has 3 rings (SSSR count). The van der Waals surface area contributed by atoms with Crippen LogP contribution >= 0.6 is 11.6 Å². The van der Waals surface area contributed by atoms with E-state index in [4.69, 9.17) is 17.3 Å². The molecule has 0 bridgehead atoms. The Bertz CT molecular complexity index is 894. The van der Waals surface area contributed by atoms with E-state index >= 15 is 0 Å². The van der Waals surface area contributed by atoms with Crippen LogP contribution in [-0.4, -0.2) is 13.6 Å². The summed E-state index contributed by atoms with van der Waals surface area (Å²) in [5.74, 6) is 0. The Labute approximate surface area is 167 Å². The van der Waals surface area contributed by atoms with Gasteiger partial charge in [0.25, 0.3) is 0 Å². The van der Waals surface area contributed by atoms with Crippen molar-refractivity contribution in [1.29, 1.82) is 0 Å². The average molecular weight is 380 g/mol.